The number of amides is 1. The number of hydrogen-bond acceptors (Lipinski definition) is 3. The Kier molecular flexibility index (Phi) is 5.56. The third-order valence-corrected chi connectivity index (χ3v) is 4.98. The summed E-state index contributed by atoms with van der Waals surface area (Å²) in [6, 6.07) is 3.44. The Balaban J connectivity index is 2.32. The van der Waals surface area contributed by atoms with Crippen LogP contribution in [0.4, 0.5) is 5.69 Å². The van der Waals surface area contributed by atoms with Gasteiger partial charge >= 0.3 is 0 Å². The third-order valence-electron chi connectivity index (χ3n) is 4.24. The van der Waals surface area contributed by atoms with Gasteiger partial charge in [0, 0.05) is 35.1 Å². The average molecular weight is 369 g/mol. The van der Waals surface area contributed by atoms with Crippen LogP contribution in [-0.2, 0) is 17.6 Å². The van der Waals surface area contributed by atoms with Gasteiger partial charge in [-0.25, -0.2) is 0 Å². The van der Waals surface area contributed by atoms with Gasteiger partial charge in [-0.2, -0.15) is 0 Å². The average Bonchev–Trinajstić information content (AvgIpc) is 2.51. The molecule has 1 amide bonds. The molecule has 1 aromatic carbocycles. The first-order valence-corrected chi connectivity index (χ1v) is 8.52. The molecule has 6 heteroatoms. The van der Waals surface area contributed by atoms with Gasteiger partial charge in [0.2, 0.25) is 5.91 Å². The van der Waals surface area contributed by atoms with Crippen LogP contribution in [0.1, 0.15) is 44.2 Å². The first-order chi connectivity index (χ1) is 10.5. The fraction of sp³-hybridized carbons (Fsp3) is 0.562. The number of benzene rings is 1. The maximum atomic E-state index is 12.2. The number of nitro benzene ring substituents is 1. The number of rotatable bonds is 5. The number of carbonyl (C=O) groups excluding carboxylic acids is 1. The second kappa shape index (κ2) is 7.22. The minimum absolute atomic E-state index is 0.137. The van der Waals surface area contributed by atoms with Crippen LogP contribution in [0.25, 0.3) is 0 Å². The second-order valence-corrected chi connectivity index (χ2v) is 6.47. The van der Waals surface area contributed by atoms with E-state index in [1.807, 2.05) is 11.8 Å². The van der Waals surface area contributed by atoms with E-state index >= 15 is 0 Å². The lowest BCUT2D eigenvalue weighted by molar-refractivity contribution is -0.385. The summed E-state index contributed by atoms with van der Waals surface area (Å²) in [7, 11) is 0. The van der Waals surface area contributed by atoms with Gasteiger partial charge in [-0.3, -0.25) is 14.9 Å². The van der Waals surface area contributed by atoms with E-state index in [-0.39, 0.29) is 22.6 Å². The Hall–Kier alpha value is -1.43. The van der Waals surface area contributed by atoms with Crippen molar-refractivity contribution >= 4 is 27.5 Å². The zero-order valence-electron chi connectivity index (χ0n) is 13.0. The van der Waals surface area contributed by atoms with Gasteiger partial charge in [-0.15, -0.1) is 0 Å². The molecule has 0 bridgehead atoms. The van der Waals surface area contributed by atoms with Crippen molar-refractivity contribution in [1.82, 2.24) is 4.90 Å². The van der Waals surface area contributed by atoms with Crippen LogP contribution in [0.5, 0.6) is 0 Å². The molecular weight excluding hydrogens is 348 g/mol. The molecule has 1 atom stereocenters. The fourth-order valence-electron chi connectivity index (χ4n) is 3.19. The molecule has 1 aliphatic carbocycles. The molecule has 0 saturated carbocycles. The van der Waals surface area contributed by atoms with Crippen LogP contribution < -0.4 is 0 Å². The number of nitro groups is 1. The summed E-state index contributed by atoms with van der Waals surface area (Å²) in [5.41, 5.74) is 1.99. The van der Waals surface area contributed by atoms with Crippen LogP contribution in [0, 0.1) is 10.1 Å². The van der Waals surface area contributed by atoms with E-state index in [1.54, 1.807) is 12.1 Å². The summed E-state index contributed by atoms with van der Waals surface area (Å²) >= 11 is 3.51. The molecule has 0 fully saturated rings. The first kappa shape index (κ1) is 16.9. The lowest BCUT2D eigenvalue weighted by atomic mass is 9.86. The SMILES string of the molecule is CCCN(C(=O)CC)C1CCc2c([N+](=O)[O-])ccc(Br)c2C1. The molecule has 1 aliphatic rings. The number of fused-ring (bicyclic) bond motifs is 1. The maximum absolute atomic E-state index is 12.2. The standard InChI is InChI=1S/C16H21BrN2O3/c1-3-9-18(16(20)4-2)11-5-6-12-13(10-11)14(17)7-8-15(12)19(21)22/h7-8,11H,3-6,9-10H2,1-2H3. The maximum Gasteiger partial charge on any atom is 0.272 e. The molecule has 5 nitrogen and oxygen atoms in total. The van der Waals surface area contributed by atoms with Crippen molar-refractivity contribution in [3.05, 3.63) is 37.8 Å². The van der Waals surface area contributed by atoms with E-state index in [9.17, 15) is 14.9 Å². The summed E-state index contributed by atoms with van der Waals surface area (Å²) in [5.74, 6) is 0.164. The van der Waals surface area contributed by atoms with E-state index in [0.717, 1.165) is 35.0 Å². The Morgan fingerprint density at radius 1 is 1.41 bits per heavy atom. The lowest BCUT2D eigenvalue weighted by Crippen LogP contribution is -2.43. The molecule has 2 rings (SSSR count). The van der Waals surface area contributed by atoms with Gasteiger partial charge < -0.3 is 4.90 Å². The second-order valence-electron chi connectivity index (χ2n) is 5.62. The predicted octanol–water partition coefficient (Wildman–Crippen LogP) is 3.86. The Morgan fingerprint density at radius 2 is 2.14 bits per heavy atom. The fourth-order valence-corrected chi connectivity index (χ4v) is 3.73. The summed E-state index contributed by atoms with van der Waals surface area (Å²) in [6.07, 6.45) is 3.54. The highest BCUT2D eigenvalue weighted by Gasteiger charge is 2.31. The summed E-state index contributed by atoms with van der Waals surface area (Å²) in [4.78, 5) is 25.0. The zero-order valence-corrected chi connectivity index (χ0v) is 14.6. The van der Waals surface area contributed by atoms with Gasteiger partial charge in [0.25, 0.3) is 5.69 Å². The van der Waals surface area contributed by atoms with E-state index in [4.69, 9.17) is 0 Å². The summed E-state index contributed by atoms with van der Waals surface area (Å²) in [5, 5.41) is 11.2. The van der Waals surface area contributed by atoms with E-state index in [2.05, 4.69) is 22.9 Å². The van der Waals surface area contributed by atoms with Gasteiger partial charge in [0.1, 0.15) is 0 Å². The zero-order chi connectivity index (χ0) is 16.3. The molecule has 0 radical (unpaired) electrons. The van der Waals surface area contributed by atoms with Crippen molar-refractivity contribution in [2.24, 2.45) is 0 Å². The van der Waals surface area contributed by atoms with Gasteiger partial charge in [0.05, 0.1) is 4.92 Å². The Labute approximate surface area is 139 Å². The van der Waals surface area contributed by atoms with Crippen molar-refractivity contribution < 1.29 is 9.72 Å². The highest BCUT2D eigenvalue weighted by molar-refractivity contribution is 9.10. The first-order valence-electron chi connectivity index (χ1n) is 7.73. The largest absolute Gasteiger partial charge is 0.339 e. The molecule has 0 aromatic heterocycles. The highest BCUT2D eigenvalue weighted by atomic mass is 79.9. The number of carbonyl (C=O) groups is 1. The Morgan fingerprint density at radius 3 is 2.73 bits per heavy atom. The molecule has 120 valence electrons. The number of hydrogen-bond donors (Lipinski definition) is 0. The monoisotopic (exact) mass is 368 g/mol. The van der Waals surface area contributed by atoms with Crippen LogP contribution >= 0.6 is 15.9 Å². The molecule has 0 N–H and O–H groups in total. The molecule has 0 saturated heterocycles. The van der Waals surface area contributed by atoms with Crippen molar-refractivity contribution in [1.29, 1.82) is 0 Å². The molecule has 22 heavy (non-hydrogen) atoms. The van der Waals surface area contributed by atoms with Crippen LogP contribution in [0.2, 0.25) is 0 Å². The van der Waals surface area contributed by atoms with E-state index in [0.29, 0.717) is 19.3 Å². The topological polar surface area (TPSA) is 63.5 Å². The van der Waals surface area contributed by atoms with Crippen LogP contribution in [0.15, 0.2) is 16.6 Å². The van der Waals surface area contributed by atoms with E-state index < -0.39 is 0 Å². The predicted molar refractivity (Wildman–Crippen MR) is 88.9 cm³/mol. The molecular formula is C16H21BrN2O3. The lowest BCUT2D eigenvalue weighted by Gasteiger charge is -2.35. The molecule has 1 aromatic rings. The van der Waals surface area contributed by atoms with Crippen molar-refractivity contribution in [2.75, 3.05) is 6.54 Å². The van der Waals surface area contributed by atoms with E-state index in [1.165, 1.54) is 0 Å². The highest BCUT2D eigenvalue weighted by Crippen LogP contribution is 2.36. The van der Waals surface area contributed by atoms with Crippen LogP contribution in [-0.4, -0.2) is 28.3 Å². The van der Waals surface area contributed by atoms with Gasteiger partial charge in [-0.05, 0) is 37.3 Å². The molecule has 0 aliphatic heterocycles. The van der Waals surface area contributed by atoms with Crippen LogP contribution in [0.3, 0.4) is 0 Å². The molecule has 0 heterocycles. The van der Waals surface area contributed by atoms with Crippen molar-refractivity contribution in [3.63, 3.8) is 0 Å². The molecule has 0 spiro atoms. The quantitative estimate of drug-likeness (QED) is 0.585. The van der Waals surface area contributed by atoms with Gasteiger partial charge in [0.15, 0.2) is 0 Å². The minimum Gasteiger partial charge on any atom is -0.339 e. The number of nitrogens with zero attached hydrogens (tertiary/aromatic N) is 2. The third kappa shape index (κ3) is 3.32. The normalized spacial score (nSPS) is 17.0. The minimum atomic E-state index is -0.313. The summed E-state index contributed by atoms with van der Waals surface area (Å²) < 4.78 is 0.901. The Bertz CT molecular complexity index is 589. The van der Waals surface area contributed by atoms with Crippen molar-refractivity contribution in [2.45, 2.75) is 52.0 Å². The molecule has 1 unspecified atom stereocenters. The summed E-state index contributed by atoms with van der Waals surface area (Å²) in [6.45, 7) is 4.69. The number of halogens is 1. The van der Waals surface area contributed by atoms with Gasteiger partial charge in [-0.1, -0.05) is 29.8 Å². The van der Waals surface area contributed by atoms with Crippen molar-refractivity contribution in [3.8, 4) is 0 Å². The smallest absolute Gasteiger partial charge is 0.272 e.